The first-order valence-electron chi connectivity index (χ1n) is 13.4. The summed E-state index contributed by atoms with van der Waals surface area (Å²) in [6.45, 7) is 2.12. The van der Waals surface area contributed by atoms with Gasteiger partial charge in [-0.15, -0.1) is 0 Å². The molecule has 4 rings (SSSR count). The topological polar surface area (TPSA) is 123 Å². The lowest BCUT2D eigenvalue weighted by molar-refractivity contribution is -0.152. The van der Waals surface area contributed by atoms with E-state index in [1.54, 1.807) is 45.0 Å². The number of amides is 4. The standard InChI is InChI=1S/C26H33N5O4/c1-25(2,3)13-20(30(4)23(34)21(32)28-16-8-7-9-16)22(33)31-15-26(12-17(31)14-27)18-10-5-6-11-19(18)29-24(26)35/h5-6,10-11,16-17,20H,7-9,12-13,15H2,1-4H3,(H,28,32)(H,29,35)/t17-,20-,26-/m0/s1/i4D3. The highest BCUT2D eigenvalue weighted by Crippen LogP contribution is 2.46. The molecule has 3 atom stereocenters. The number of likely N-dealkylation sites (N-methyl/N-ethyl adjacent to an activating group) is 1. The number of hydrogen-bond donors (Lipinski definition) is 2. The Kier molecular flexibility index (Phi) is 5.37. The van der Waals surface area contributed by atoms with Crippen molar-refractivity contribution >= 4 is 29.3 Å². The Morgan fingerprint density at radius 1 is 1.34 bits per heavy atom. The van der Waals surface area contributed by atoms with Crippen molar-refractivity contribution in [1.82, 2.24) is 15.1 Å². The Balaban J connectivity index is 1.71. The van der Waals surface area contributed by atoms with Crippen LogP contribution in [0.25, 0.3) is 0 Å². The van der Waals surface area contributed by atoms with Gasteiger partial charge in [0.2, 0.25) is 11.8 Å². The molecular weight excluding hydrogens is 446 g/mol. The zero-order chi connectivity index (χ0) is 28.0. The molecule has 4 amide bonds. The van der Waals surface area contributed by atoms with Crippen LogP contribution in [0.1, 0.15) is 62.6 Å². The molecule has 2 heterocycles. The maximum absolute atomic E-state index is 14.1. The number of likely N-dealkylation sites (tertiary alicyclic amines) is 1. The lowest BCUT2D eigenvalue weighted by atomic mass is 9.80. The third kappa shape index (κ3) is 4.49. The number of rotatable bonds is 4. The van der Waals surface area contributed by atoms with Crippen LogP contribution >= 0.6 is 0 Å². The molecule has 0 radical (unpaired) electrons. The van der Waals surface area contributed by atoms with E-state index in [0.717, 1.165) is 6.42 Å². The number of fused-ring (bicyclic) bond motifs is 2. The quantitative estimate of drug-likeness (QED) is 0.635. The summed E-state index contributed by atoms with van der Waals surface area (Å²) in [6, 6.07) is 6.36. The van der Waals surface area contributed by atoms with Gasteiger partial charge in [0, 0.05) is 35.8 Å². The van der Waals surface area contributed by atoms with E-state index in [1.165, 1.54) is 4.90 Å². The second-order valence-corrected chi connectivity index (χ2v) is 11.0. The van der Waals surface area contributed by atoms with E-state index in [0.29, 0.717) is 29.0 Å². The monoisotopic (exact) mass is 482 g/mol. The van der Waals surface area contributed by atoms with Crippen LogP contribution in [0.3, 0.4) is 0 Å². The summed E-state index contributed by atoms with van der Waals surface area (Å²) < 4.78 is 24.3. The van der Waals surface area contributed by atoms with Gasteiger partial charge in [0.25, 0.3) is 0 Å². The molecule has 0 unspecified atom stereocenters. The average molecular weight is 483 g/mol. The summed E-state index contributed by atoms with van der Waals surface area (Å²) in [4.78, 5) is 54.9. The van der Waals surface area contributed by atoms with Gasteiger partial charge < -0.3 is 20.4 Å². The summed E-state index contributed by atoms with van der Waals surface area (Å²) in [5.41, 5.74) is -0.529. The van der Waals surface area contributed by atoms with Gasteiger partial charge in [-0.05, 0) is 42.7 Å². The van der Waals surface area contributed by atoms with Gasteiger partial charge >= 0.3 is 11.8 Å². The van der Waals surface area contributed by atoms with Crippen molar-refractivity contribution in [3.63, 3.8) is 0 Å². The zero-order valence-corrected chi connectivity index (χ0v) is 20.3. The van der Waals surface area contributed by atoms with Gasteiger partial charge in [0.1, 0.15) is 12.1 Å². The van der Waals surface area contributed by atoms with E-state index in [2.05, 4.69) is 16.7 Å². The number of para-hydroxylation sites is 1. The van der Waals surface area contributed by atoms with E-state index in [4.69, 9.17) is 4.11 Å². The average Bonchev–Trinajstić information content (AvgIpc) is 3.31. The van der Waals surface area contributed by atoms with Gasteiger partial charge in [-0.25, -0.2) is 0 Å². The number of nitrogens with zero attached hydrogens (tertiary/aromatic N) is 3. The van der Waals surface area contributed by atoms with E-state index in [1.807, 2.05) is 0 Å². The van der Waals surface area contributed by atoms with Crippen molar-refractivity contribution in [3.05, 3.63) is 29.8 Å². The number of nitrogens with one attached hydrogen (secondary N) is 2. The summed E-state index contributed by atoms with van der Waals surface area (Å²) in [5, 5.41) is 15.4. The molecule has 1 saturated heterocycles. The highest BCUT2D eigenvalue weighted by Gasteiger charge is 2.57. The molecule has 35 heavy (non-hydrogen) atoms. The Bertz CT molecular complexity index is 1200. The van der Waals surface area contributed by atoms with Gasteiger partial charge in [-0.2, -0.15) is 5.26 Å². The van der Waals surface area contributed by atoms with E-state index >= 15 is 0 Å². The molecule has 2 aliphatic heterocycles. The molecule has 1 saturated carbocycles. The van der Waals surface area contributed by atoms with Crippen LogP contribution < -0.4 is 10.6 Å². The number of carbonyl (C=O) groups is 4. The third-order valence-electron chi connectivity index (χ3n) is 7.17. The van der Waals surface area contributed by atoms with Crippen LogP contribution in [0, 0.1) is 16.7 Å². The molecule has 9 nitrogen and oxygen atoms in total. The molecular formula is C26H33N5O4. The minimum Gasteiger partial charge on any atom is -0.345 e. The fraction of sp³-hybridized carbons (Fsp3) is 0.577. The van der Waals surface area contributed by atoms with Crippen LogP contribution in [0.15, 0.2) is 24.3 Å². The first-order valence-corrected chi connectivity index (χ1v) is 11.9. The highest BCUT2D eigenvalue weighted by atomic mass is 16.2. The third-order valence-corrected chi connectivity index (χ3v) is 7.17. The van der Waals surface area contributed by atoms with Crippen molar-refractivity contribution < 1.29 is 23.3 Å². The van der Waals surface area contributed by atoms with E-state index in [-0.39, 0.29) is 31.3 Å². The molecule has 9 heteroatoms. The Hall–Kier alpha value is -3.41. The van der Waals surface area contributed by atoms with Crippen molar-refractivity contribution in [2.45, 2.75) is 76.4 Å². The first kappa shape index (κ1) is 20.9. The molecule has 1 aromatic carbocycles. The lowest BCUT2D eigenvalue weighted by Crippen LogP contribution is -2.56. The van der Waals surface area contributed by atoms with Crippen molar-refractivity contribution in [1.29, 1.82) is 5.26 Å². The van der Waals surface area contributed by atoms with Gasteiger partial charge in [-0.1, -0.05) is 39.0 Å². The van der Waals surface area contributed by atoms with Crippen molar-refractivity contribution in [2.75, 3.05) is 18.8 Å². The van der Waals surface area contributed by atoms with Crippen LogP contribution in [0.5, 0.6) is 0 Å². The predicted molar refractivity (Wildman–Crippen MR) is 129 cm³/mol. The molecule has 3 aliphatic rings. The first-order chi connectivity index (χ1) is 17.7. The number of benzene rings is 1. The molecule has 2 fully saturated rings. The zero-order valence-electron chi connectivity index (χ0n) is 23.3. The maximum Gasteiger partial charge on any atom is 0.312 e. The summed E-state index contributed by atoms with van der Waals surface area (Å²) in [6.07, 6.45) is 2.25. The summed E-state index contributed by atoms with van der Waals surface area (Å²) in [7, 11) is 0. The second-order valence-electron chi connectivity index (χ2n) is 11.0. The SMILES string of the molecule is [2H]C([2H])([2H])N(C(=O)C(=O)NC1CCC1)[C@@H](CC(C)(C)C)C(=O)N1C[C@]2(C[C@H]1C#N)C(=O)Nc1ccccc12. The Labute approximate surface area is 210 Å². The van der Waals surface area contributed by atoms with Gasteiger partial charge in [0.15, 0.2) is 0 Å². The summed E-state index contributed by atoms with van der Waals surface area (Å²) in [5.74, 6) is -3.51. The number of anilines is 1. The van der Waals surface area contributed by atoms with E-state index in [9.17, 15) is 24.4 Å². The molecule has 2 N–H and O–H groups in total. The van der Waals surface area contributed by atoms with Gasteiger partial charge in [0.05, 0.1) is 11.5 Å². The molecule has 1 aliphatic carbocycles. The predicted octanol–water partition coefficient (Wildman–Crippen LogP) is 1.93. The lowest BCUT2D eigenvalue weighted by Gasteiger charge is -2.36. The number of nitriles is 1. The Morgan fingerprint density at radius 2 is 2.06 bits per heavy atom. The number of carbonyl (C=O) groups excluding carboxylic acids is 4. The minimum absolute atomic E-state index is 0.0319. The molecule has 1 aromatic rings. The van der Waals surface area contributed by atoms with Crippen LogP contribution in [0.2, 0.25) is 0 Å². The van der Waals surface area contributed by atoms with Crippen LogP contribution in [0.4, 0.5) is 5.69 Å². The van der Waals surface area contributed by atoms with Crippen molar-refractivity contribution in [3.8, 4) is 6.07 Å². The maximum atomic E-state index is 14.1. The van der Waals surface area contributed by atoms with Crippen molar-refractivity contribution in [2.24, 2.45) is 5.41 Å². The van der Waals surface area contributed by atoms with Gasteiger partial charge in [-0.3, -0.25) is 19.2 Å². The van der Waals surface area contributed by atoms with E-state index < -0.39 is 47.6 Å². The molecule has 0 bridgehead atoms. The fourth-order valence-corrected chi connectivity index (χ4v) is 5.10. The smallest absolute Gasteiger partial charge is 0.312 e. The normalized spacial score (nSPS) is 25.9. The summed E-state index contributed by atoms with van der Waals surface area (Å²) >= 11 is 0. The number of hydrogen-bond acceptors (Lipinski definition) is 5. The second kappa shape index (κ2) is 8.99. The highest BCUT2D eigenvalue weighted by molar-refractivity contribution is 6.35. The largest absolute Gasteiger partial charge is 0.345 e. The van der Waals surface area contributed by atoms with Crippen LogP contribution in [-0.4, -0.2) is 65.1 Å². The Morgan fingerprint density at radius 3 is 2.66 bits per heavy atom. The molecule has 186 valence electrons. The fourth-order valence-electron chi connectivity index (χ4n) is 5.10. The minimum atomic E-state index is -3.10. The molecule has 1 spiro atoms. The van der Waals surface area contributed by atoms with Crippen LogP contribution in [-0.2, 0) is 24.6 Å². The molecule has 0 aromatic heterocycles.